The zero-order chi connectivity index (χ0) is 20.5. The Morgan fingerprint density at radius 3 is 2.57 bits per heavy atom. The van der Waals surface area contributed by atoms with Crippen molar-refractivity contribution in [3.05, 3.63) is 47.3 Å². The molecule has 0 bridgehead atoms. The smallest absolute Gasteiger partial charge is 0.414 e. The quantitative estimate of drug-likeness (QED) is 0.423. The number of hydrogen-bond donors (Lipinski definition) is 5. The van der Waals surface area contributed by atoms with Crippen LogP contribution >= 0.6 is 11.3 Å². The summed E-state index contributed by atoms with van der Waals surface area (Å²) in [5, 5.41) is 6.64. The number of hydrogen-bond acceptors (Lipinski definition) is 8. The minimum Gasteiger partial charge on any atom is -0.450 e. The topological polar surface area (TPSA) is 135 Å². The summed E-state index contributed by atoms with van der Waals surface area (Å²) in [4.78, 5) is 36.0. The van der Waals surface area contributed by atoms with Crippen LogP contribution in [0.15, 0.2) is 41.8 Å². The van der Waals surface area contributed by atoms with Crippen molar-refractivity contribution in [3.63, 3.8) is 0 Å². The summed E-state index contributed by atoms with van der Waals surface area (Å²) in [6, 6.07) is 9.58. The van der Waals surface area contributed by atoms with E-state index in [2.05, 4.69) is 26.2 Å². The minimum absolute atomic E-state index is 0.142. The summed E-state index contributed by atoms with van der Waals surface area (Å²) in [5.41, 5.74) is 12.9. The predicted octanol–water partition coefficient (Wildman–Crippen LogP) is 1.91. The van der Waals surface area contributed by atoms with Crippen molar-refractivity contribution in [1.29, 1.82) is 0 Å². The largest absolute Gasteiger partial charge is 0.450 e. The molecule has 0 aliphatic heterocycles. The Bertz CT molecular complexity index is 811. The fraction of sp³-hybridized carbons (Fsp3) is 0.278. The molecule has 0 aliphatic rings. The molecule has 2 unspecified atom stereocenters. The van der Waals surface area contributed by atoms with Crippen LogP contribution in [0.4, 0.5) is 15.5 Å². The van der Waals surface area contributed by atoms with Gasteiger partial charge in [0.2, 0.25) is 5.91 Å². The third-order valence-electron chi connectivity index (χ3n) is 3.70. The Morgan fingerprint density at radius 1 is 1.18 bits per heavy atom. The lowest BCUT2D eigenvalue weighted by Gasteiger charge is -2.21. The van der Waals surface area contributed by atoms with Crippen molar-refractivity contribution in [1.82, 2.24) is 10.7 Å². The molecule has 1 aromatic carbocycles. The van der Waals surface area contributed by atoms with Crippen molar-refractivity contribution in [3.8, 4) is 0 Å². The fourth-order valence-electron chi connectivity index (χ4n) is 2.14. The normalized spacial score (nSPS) is 12.5. The second-order valence-corrected chi connectivity index (χ2v) is 6.69. The van der Waals surface area contributed by atoms with Crippen molar-refractivity contribution < 1.29 is 19.1 Å². The van der Waals surface area contributed by atoms with E-state index in [1.807, 2.05) is 30.3 Å². The zero-order valence-electron chi connectivity index (χ0n) is 15.5. The summed E-state index contributed by atoms with van der Waals surface area (Å²) < 4.78 is 4.67. The Balaban J connectivity index is 1.92. The van der Waals surface area contributed by atoms with Crippen molar-refractivity contribution in [2.24, 2.45) is 5.73 Å². The monoisotopic (exact) mass is 405 g/mol. The molecular formula is C18H23N5O4S. The molecule has 0 saturated heterocycles. The van der Waals surface area contributed by atoms with Gasteiger partial charge in [0.1, 0.15) is 11.0 Å². The number of anilines is 2. The van der Waals surface area contributed by atoms with Gasteiger partial charge in [0.15, 0.2) is 0 Å². The van der Waals surface area contributed by atoms with Gasteiger partial charge in [0, 0.05) is 11.7 Å². The van der Waals surface area contributed by atoms with Gasteiger partial charge in [0.25, 0.3) is 5.91 Å². The summed E-state index contributed by atoms with van der Waals surface area (Å²) in [6.07, 6.45) is -0.850. The van der Waals surface area contributed by atoms with E-state index in [-0.39, 0.29) is 12.2 Å². The number of alkyl carbamates (subject to hydrolysis) is 1. The minimum atomic E-state index is -0.890. The molecule has 0 fully saturated rings. The first kappa shape index (κ1) is 21.4. The Hall–Kier alpha value is -2.95. The highest BCUT2D eigenvalue weighted by molar-refractivity contribution is 7.14. The first-order chi connectivity index (χ1) is 13.4. The Kier molecular flexibility index (Phi) is 7.93. The third-order valence-corrected chi connectivity index (χ3v) is 4.53. The summed E-state index contributed by atoms with van der Waals surface area (Å²) in [7, 11) is 0. The lowest BCUT2D eigenvalue weighted by atomic mass is 10.1. The maximum Gasteiger partial charge on any atom is 0.414 e. The second-order valence-electron chi connectivity index (χ2n) is 5.78. The van der Waals surface area contributed by atoms with Crippen LogP contribution in [-0.4, -0.2) is 36.6 Å². The van der Waals surface area contributed by atoms with Crippen LogP contribution in [0.2, 0.25) is 0 Å². The van der Waals surface area contributed by atoms with E-state index in [9.17, 15) is 14.4 Å². The van der Waals surface area contributed by atoms with E-state index < -0.39 is 30.0 Å². The van der Waals surface area contributed by atoms with Gasteiger partial charge in [0.05, 0.1) is 12.2 Å². The molecule has 0 aliphatic carbocycles. The van der Waals surface area contributed by atoms with Crippen molar-refractivity contribution >= 4 is 39.9 Å². The van der Waals surface area contributed by atoms with Crippen LogP contribution in [0.1, 0.15) is 24.2 Å². The van der Waals surface area contributed by atoms with E-state index >= 15 is 0 Å². The fourth-order valence-corrected chi connectivity index (χ4v) is 2.93. The van der Waals surface area contributed by atoms with E-state index in [0.29, 0.717) is 5.00 Å². The molecule has 2 rings (SSSR count). The van der Waals surface area contributed by atoms with Gasteiger partial charge in [-0.1, -0.05) is 18.2 Å². The highest BCUT2D eigenvalue weighted by Crippen LogP contribution is 2.23. The number of nitrogens with one attached hydrogen (secondary N) is 4. The number of amides is 3. The molecule has 6 N–H and O–H groups in total. The highest BCUT2D eigenvalue weighted by Gasteiger charge is 2.24. The number of ether oxygens (including phenoxy) is 1. The molecule has 0 spiro atoms. The number of carbonyl (C=O) groups excluding carboxylic acids is 3. The number of imide groups is 1. The maximum absolute atomic E-state index is 12.4. The molecule has 9 nitrogen and oxygen atoms in total. The highest BCUT2D eigenvalue weighted by atomic mass is 32.1. The van der Waals surface area contributed by atoms with E-state index in [1.165, 1.54) is 6.07 Å². The van der Waals surface area contributed by atoms with Crippen LogP contribution in [0, 0.1) is 0 Å². The number of para-hydroxylation sites is 1. The predicted molar refractivity (Wildman–Crippen MR) is 108 cm³/mol. The molecule has 3 amide bonds. The molecule has 1 heterocycles. The first-order valence-electron chi connectivity index (χ1n) is 8.61. The number of thiophene rings is 1. The van der Waals surface area contributed by atoms with Crippen molar-refractivity contribution in [2.45, 2.75) is 25.9 Å². The number of rotatable bonds is 8. The second kappa shape index (κ2) is 10.4. The molecule has 10 heteroatoms. The molecule has 2 atom stereocenters. The maximum atomic E-state index is 12.4. The van der Waals surface area contributed by atoms with Gasteiger partial charge >= 0.3 is 6.09 Å². The average molecular weight is 405 g/mol. The van der Waals surface area contributed by atoms with Crippen LogP contribution in [0.5, 0.6) is 0 Å². The molecule has 1 aromatic heterocycles. The van der Waals surface area contributed by atoms with Gasteiger partial charge in [-0.25, -0.2) is 10.2 Å². The van der Waals surface area contributed by atoms with Crippen LogP contribution in [0.25, 0.3) is 0 Å². The third kappa shape index (κ3) is 6.05. The first-order valence-corrected chi connectivity index (χ1v) is 9.49. The van der Waals surface area contributed by atoms with Crippen molar-refractivity contribution in [2.75, 3.05) is 17.3 Å². The van der Waals surface area contributed by atoms with E-state index in [0.717, 1.165) is 17.0 Å². The molecule has 28 heavy (non-hydrogen) atoms. The molecule has 2 aromatic rings. The molecule has 0 saturated carbocycles. The SMILES string of the molecule is CCOC(=O)NC(=O)c1ccsc1NC(=O)C(N)C(C)NNc1ccccc1. The van der Waals surface area contributed by atoms with Crippen LogP contribution < -0.4 is 27.2 Å². The van der Waals surface area contributed by atoms with Gasteiger partial charge in [-0.05, 0) is 37.4 Å². The number of carbonyl (C=O) groups is 3. The molecule has 150 valence electrons. The summed E-state index contributed by atoms with van der Waals surface area (Å²) >= 11 is 1.15. The zero-order valence-corrected chi connectivity index (χ0v) is 16.3. The Morgan fingerprint density at radius 2 is 1.89 bits per heavy atom. The lowest BCUT2D eigenvalue weighted by Crippen LogP contribution is -2.51. The summed E-state index contributed by atoms with van der Waals surface area (Å²) in [5.74, 6) is -1.14. The van der Waals surface area contributed by atoms with E-state index in [4.69, 9.17) is 5.73 Å². The average Bonchev–Trinajstić information content (AvgIpc) is 3.14. The van der Waals surface area contributed by atoms with Gasteiger partial charge in [-0.2, -0.15) is 0 Å². The number of benzene rings is 1. The standard InChI is InChI=1S/C18H23N5O4S/c1-3-27-18(26)21-15(24)13-9-10-28-17(13)20-16(25)14(19)11(2)22-23-12-7-5-4-6-8-12/h4-11,14,22-23H,3,19H2,1-2H3,(H,20,25)(H,21,24,26). The van der Waals surface area contributed by atoms with Gasteiger partial charge < -0.3 is 21.2 Å². The lowest BCUT2D eigenvalue weighted by molar-refractivity contribution is -0.117. The Labute approximate surface area is 166 Å². The number of hydrazine groups is 1. The number of nitrogens with two attached hydrogens (primary N) is 1. The van der Waals surface area contributed by atoms with Crippen LogP contribution in [-0.2, 0) is 9.53 Å². The molecule has 0 radical (unpaired) electrons. The van der Waals surface area contributed by atoms with Gasteiger partial charge in [-0.3, -0.25) is 14.9 Å². The van der Waals surface area contributed by atoms with Gasteiger partial charge in [-0.15, -0.1) is 11.3 Å². The van der Waals surface area contributed by atoms with E-state index in [1.54, 1.807) is 19.2 Å². The van der Waals surface area contributed by atoms with Crippen LogP contribution in [0.3, 0.4) is 0 Å². The summed E-state index contributed by atoms with van der Waals surface area (Å²) in [6.45, 7) is 3.52. The molecular weight excluding hydrogens is 382 g/mol.